The maximum absolute atomic E-state index is 10.3. The predicted molar refractivity (Wildman–Crippen MR) is 61.6 cm³/mol. The summed E-state index contributed by atoms with van der Waals surface area (Å²) in [6, 6.07) is 0. The molecule has 0 spiro atoms. The Morgan fingerprint density at radius 3 is 2.12 bits per heavy atom. The molecule has 0 unspecified atom stereocenters. The molecule has 0 aromatic carbocycles. The van der Waals surface area contributed by atoms with Crippen LogP contribution in [-0.4, -0.2) is 16.4 Å². The van der Waals surface area contributed by atoms with E-state index in [4.69, 9.17) is 9.79 Å². The van der Waals surface area contributed by atoms with Gasteiger partial charge in [0.1, 0.15) is 0 Å². The standard InChI is InChI=1S/C10H23O4P.Na.H/c1-10(2)8-6-4-3-5-7-9-14-15(11,12)13;;/h10H,3-9H2,1-2H3,(H2,11,12,13);;/q;+1;-1. The molecule has 4 nitrogen and oxygen atoms in total. The summed E-state index contributed by atoms with van der Waals surface area (Å²) in [5.41, 5.74) is 0. The van der Waals surface area contributed by atoms with Gasteiger partial charge in [-0.15, -0.1) is 0 Å². The average Bonchev–Trinajstić information content (AvgIpc) is 2.07. The fourth-order valence-electron chi connectivity index (χ4n) is 1.37. The van der Waals surface area contributed by atoms with Gasteiger partial charge in [-0.05, 0) is 12.3 Å². The van der Waals surface area contributed by atoms with Crippen molar-refractivity contribution in [2.45, 2.75) is 52.4 Å². The first-order valence-corrected chi connectivity index (χ1v) is 7.15. The Balaban J connectivity index is -0.000000980. The second-order valence-electron chi connectivity index (χ2n) is 4.27. The van der Waals surface area contributed by atoms with Gasteiger partial charge >= 0.3 is 37.4 Å². The van der Waals surface area contributed by atoms with Crippen LogP contribution < -0.4 is 29.6 Å². The van der Waals surface area contributed by atoms with Crippen molar-refractivity contribution >= 4 is 7.82 Å². The quantitative estimate of drug-likeness (QED) is 0.354. The first kappa shape index (κ1) is 19.4. The Bertz CT molecular complexity index is 199. The van der Waals surface area contributed by atoms with E-state index in [0.29, 0.717) is 0 Å². The summed E-state index contributed by atoms with van der Waals surface area (Å²) in [6.07, 6.45) is 6.55. The average molecular weight is 262 g/mol. The smallest absolute Gasteiger partial charge is 1.00 e. The molecule has 0 aromatic rings. The summed E-state index contributed by atoms with van der Waals surface area (Å²) < 4.78 is 14.7. The maximum atomic E-state index is 10.3. The summed E-state index contributed by atoms with van der Waals surface area (Å²) in [5, 5.41) is 0. The van der Waals surface area contributed by atoms with Gasteiger partial charge in [-0.2, -0.15) is 0 Å². The predicted octanol–water partition coefficient (Wildman–Crippen LogP) is 0.209. The van der Waals surface area contributed by atoms with E-state index in [1.165, 1.54) is 19.3 Å². The van der Waals surface area contributed by atoms with Crippen molar-refractivity contribution in [1.82, 2.24) is 0 Å². The number of hydrogen-bond donors (Lipinski definition) is 2. The van der Waals surface area contributed by atoms with Crippen LogP contribution in [0.5, 0.6) is 0 Å². The topological polar surface area (TPSA) is 66.8 Å². The Labute approximate surface area is 122 Å². The van der Waals surface area contributed by atoms with Gasteiger partial charge in [-0.25, -0.2) is 4.57 Å². The summed E-state index contributed by atoms with van der Waals surface area (Å²) in [5.74, 6) is 0.767. The molecule has 0 saturated heterocycles. The van der Waals surface area contributed by atoms with Crippen LogP contribution in [0, 0.1) is 5.92 Å². The maximum Gasteiger partial charge on any atom is 1.00 e. The number of rotatable bonds is 9. The summed E-state index contributed by atoms with van der Waals surface area (Å²) >= 11 is 0. The largest absolute Gasteiger partial charge is 1.00 e. The van der Waals surface area contributed by atoms with Crippen LogP contribution in [0.3, 0.4) is 0 Å². The van der Waals surface area contributed by atoms with Crippen molar-refractivity contribution in [3.8, 4) is 0 Å². The molecule has 0 amide bonds. The second kappa shape index (κ2) is 11.2. The van der Waals surface area contributed by atoms with Crippen LogP contribution in [0.25, 0.3) is 0 Å². The van der Waals surface area contributed by atoms with Crippen molar-refractivity contribution in [2.24, 2.45) is 5.92 Å². The molecule has 0 atom stereocenters. The molecule has 0 aliphatic carbocycles. The van der Waals surface area contributed by atoms with E-state index in [1.807, 2.05) is 0 Å². The zero-order valence-electron chi connectivity index (χ0n) is 11.7. The van der Waals surface area contributed by atoms with Gasteiger partial charge in [0, 0.05) is 0 Å². The Morgan fingerprint density at radius 2 is 1.62 bits per heavy atom. The minimum atomic E-state index is -4.24. The molecule has 0 aliphatic heterocycles. The van der Waals surface area contributed by atoms with Crippen LogP contribution in [0.15, 0.2) is 0 Å². The Morgan fingerprint density at radius 1 is 1.12 bits per heavy atom. The molecule has 0 rings (SSSR count). The third-order valence-electron chi connectivity index (χ3n) is 2.19. The second-order valence-corrected chi connectivity index (χ2v) is 5.51. The molecule has 0 saturated carbocycles. The molecule has 16 heavy (non-hydrogen) atoms. The van der Waals surface area contributed by atoms with Crippen molar-refractivity contribution < 1.29 is 49.9 Å². The van der Waals surface area contributed by atoms with Gasteiger partial charge in [0.15, 0.2) is 0 Å². The molecule has 0 fully saturated rings. The van der Waals surface area contributed by atoms with Crippen molar-refractivity contribution in [1.29, 1.82) is 0 Å². The van der Waals surface area contributed by atoms with Gasteiger partial charge in [-0.1, -0.05) is 46.0 Å². The molecule has 6 heteroatoms. The molecule has 0 aromatic heterocycles. The minimum absolute atomic E-state index is 0. The Kier molecular flexibility index (Phi) is 13.6. The van der Waals surface area contributed by atoms with E-state index in [-0.39, 0.29) is 37.6 Å². The van der Waals surface area contributed by atoms with Gasteiger partial charge < -0.3 is 11.2 Å². The molecule has 2 N–H and O–H groups in total. The summed E-state index contributed by atoms with van der Waals surface area (Å²) in [4.78, 5) is 16.8. The minimum Gasteiger partial charge on any atom is -1.00 e. The van der Waals surface area contributed by atoms with Gasteiger partial charge in [0.2, 0.25) is 0 Å². The normalized spacial score (nSPS) is 11.6. The van der Waals surface area contributed by atoms with Crippen LogP contribution in [-0.2, 0) is 9.09 Å². The van der Waals surface area contributed by atoms with E-state index < -0.39 is 7.82 Å². The van der Waals surface area contributed by atoms with Crippen LogP contribution in [0.4, 0.5) is 0 Å². The van der Waals surface area contributed by atoms with Crippen LogP contribution in [0.2, 0.25) is 0 Å². The number of phosphoric ester groups is 1. The summed E-state index contributed by atoms with van der Waals surface area (Å²) in [6.45, 7) is 4.59. The van der Waals surface area contributed by atoms with Gasteiger partial charge in [0.05, 0.1) is 6.61 Å². The molecule has 94 valence electrons. The fourth-order valence-corrected chi connectivity index (χ4v) is 1.74. The zero-order chi connectivity index (χ0) is 11.7. The van der Waals surface area contributed by atoms with E-state index in [9.17, 15) is 4.57 Å². The van der Waals surface area contributed by atoms with Crippen LogP contribution in [0.1, 0.15) is 53.8 Å². The molecule has 0 heterocycles. The molecule has 0 radical (unpaired) electrons. The molecular formula is C10H24NaO4P. The van der Waals surface area contributed by atoms with Crippen molar-refractivity contribution in [3.05, 3.63) is 0 Å². The number of phosphoric acid groups is 1. The van der Waals surface area contributed by atoms with Crippen molar-refractivity contribution in [3.63, 3.8) is 0 Å². The molecular weight excluding hydrogens is 238 g/mol. The van der Waals surface area contributed by atoms with Crippen LogP contribution >= 0.6 is 7.82 Å². The first-order chi connectivity index (χ1) is 6.92. The van der Waals surface area contributed by atoms with Gasteiger partial charge in [0.25, 0.3) is 0 Å². The Hall–Kier alpha value is 1.11. The number of hydrogen-bond acceptors (Lipinski definition) is 2. The fraction of sp³-hybridized carbons (Fsp3) is 1.00. The zero-order valence-corrected chi connectivity index (χ0v) is 13.6. The SMILES string of the molecule is CC(C)CCCCCCCOP(=O)(O)O.[H-].[Na+]. The van der Waals surface area contributed by atoms with E-state index >= 15 is 0 Å². The molecule has 0 aliphatic rings. The molecule has 0 bridgehead atoms. The summed E-state index contributed by atoms with van der Waals surface area (Å²) in [7, 11) is -4.24. The van der Waals surface area contributed by atoms with E-state index in [2.05, 4.69) is 18.4 Å². The monoisotopic (exact) mass is 262 g/mol. The van der Waals surface area contributed by atoms with E-state index in [0.717, 1.165) is 25.2 Å². The van der Waals surface area contributed by atoms with Crippen molar-refractivity contribution in [2.75, 3.05) is 6.61 Å². The number of unbranched alkanes of at least 4 members (excludes halogenated alkanes) is 4. The third kappa shape index (κ3) is 17.5. The van der Waals surface area contributed by atoms with Gasteiger partial charge in [-0.3, -0.25) is 4.52 Å². The first-order valence-electron chi connectivity index (χ1n) is 5.62. The third-order valence-corrected chi connectivity index (χ3v) is 2.70. The van der Waals surface area contributed by atoms with E-state index in [1.54, 1.807) is 0 Å².